The molecule has 0 radical (unpaired) electrons. The summed E-state index contributed by atoms with van der Waals surface area (Å²) in [5.41, 5.74) is 0.394. The number of nitriles is 1. The largest absolute Gasteiger partial charge is 0.298 e. The van der Waals surface area contributed by atoms with Gasteiger partial charge in [-0.2, -0.15) is 5.26 Å². The lowest BCUT2D eigenvalue weighted by Gasteiger charge is -2.27. The quantitative estimate of drug-likeness (QED) is 0.788. The molecule has 0 amide bonds. The van der Waals surface area contributed by atoms with Gasteiger partial charge in [0, 0.05) is 21.5 Å². The number of hydrogen-bond acceptors (Lipinski definition) is 2. The van der Waals surface area contributed by atoms with Crippen LogP contribution in [0.15, 0.2) is 18.2 Å². The van der Waals surface area contributed by atoms with Crippen molar-refractivity contribution in [1.82, 2.24) is 0 Å². The molecule has 20 heavy (non-hydrogen) atoms. The molecule has 0 heterocycles. The van der Waals surface area contributed by atoms with Crippen molar-refractivity contribution in [2.75, 3.05) is 0 Å². The predicted molar refractivity (Wildman–Crippen MR) is 80.9 cm³/mol. The van der Waals surface area contributed by atoms with E-state index in [4.69, 9.17) is 23.2 Å². The van der Waals surface area contributed by atoms with Crippen molar-refractivity contribution in [3.63, 3.8) is 0 Å². The number of ketones is 1. The smallest absolute Gasteiger partial charge is 0.158 e. The van der Waals surface area contributed by atoms with Crippen LogP contribution in [0.25, 0.3) is 0 Å². The fourth-order valence-electron chi connectivity index (χ4n) is 3.11. The lowest BCUT2D eigenvalue weighted by molar-refractivity contribution is -0.125. The van der Waals surface area contributed by atoms with Crippen LogP contribution in [0.4, 0.5) is 0 Å². The normalized spacial score (nSPS) is 22.2. The van der Waals surface area contributed by atoms with Crippen LogP contribution in [-0.2, 0) is 4.79 Å². The monoisotopic (exact) mass is 309 g/mol. The highest BCUT2D eigenvalue weighted by Crippen LogP contribution is 2.46. The molecule has 4 heteroatoms. The molecule has 1 aromatic carbocycles. The summed E-state index contributed by atoms with van der Waals surface area (Å²) >= 11 is 12.3. The Morgan fingerprint density at radius 2 is 2.00 bits per heavy atom. The van der Waals surface area contributed by atoms with E-state index >= 15 is 0 Å². The van der Waals surface area contributed by atoms with Crippen LogP contribution in [0, 0.1) is 22.7 Å². The third-order valence-corrected chi connectivity index (χ3v) is 4.96. The lowest BCUT2D eigenvalue weighted by atomic mass is 9.75. The van der Waals surface area contributed by atoms with Crippen LogP contribution in [0.2, 0.25) is 10.0 Å². The highest BCUT2D eigenvalue weighted by Gasteiger charge is 2.42. The van der Waals surface area contributed by atoms with Gasteiger partial charge in [0.1, 0.15) is 5.92 Å². The van der Waals surface area contributed by atoms with Crippen LogP contribution in [0.5, 0.6) is 0 Å². The molecule has 2 unspecified atom stereocenters. The highest BCUT2D eigenvalue weighted by atomic mass is 35.5. The van der Waals surface area contributed by atoms with Gasteiger partial charge < -0.3 is 0 Å². The molecular formula is C16H17Cl2NO. The number of hydrogen-bond donors (Lipinski definition) is 0. The number of Topliss-reactive ketones (excluding diaryl/α,β-unsaturated/α-hetero) is 1. The molecule has 2 nitrogen and oxygen atoms in total. The Balaban J connectivity index is 2.39. The van der Waals surface area contributed by atoms with Crippen molar-refractivity contribution in [1.29, 1.82) is 5.26 Å². The van der Waals surface area contributed by atoms with Crippen molar-refractivity contribution >= 4 is 29.0 Å². The number of benzene rings is 1. The summed E-state index contributed by atoms with van der Waals surface area (Å²) in [7, 11) is 0. The van der Waals surface area contributed by atoms with E-state index in [-0.39, 0.29) is 17.1 Å². The van der Waals surface area contributed by atoms with E-state index < -0.39 is 5.92 Å². The zero-order valence-corrected chi connectivity index (χ0v) is 13.1. The second kappa shape index (κ2) is 5.76. The Hall–Kier alpha value is -1.04. The van der Waals surface area contributed by atoms with Gasteiger partial charge in [0.25, 0.3) is 0 Å². The molecule has 1 aliphatic rings. The first-order valence-corrected chi connectivity index (χ1v) is 7.51. The number of carbonyl (C=O) groups is 1. The molecule has 0 aromatic heterocycles. The van der Waals surface area contributed by atoms with Gasteiger partial charge in [0.05, 0.1) is 6.07 Å². The van der Waals surface area contributed by atoms with Crippen molar-refractivity contribution in [2.45, 2.75) is 39.0 Å². The topological polar surface area (TPSA) is 40.9 Å². The van der Waals surface area contributed by atoms with Crippen LogP contribution in [0.1, 0.15) is 44.6 Å². The third kappa shape index (κ3) is 2.71. The summed E-state index contributed by atoms with van der Waals surface area (Å²) in [6, 6.07) is 7.14. The summed E-state index contributed by atoms with van der Waals surface area (Å²) in [4.78, 5) is 12.8. The Morgan fingerprint density at radius 3 is 2.45 bits per heavy atom. The molecule has 1 saturated carbocycles. The minimum atomic E-state index is -0.876. The molecule has 0 spiro atoms. The molecule has 106 valence electrons. The first-order chi connectivity index (χ1) is 9.38. The van der Waals surface area contributed by atoms with Gasteiger partial charge in [-0.3, -0.25) is 4.79 Å². The van der Waals surface area contributed by atoms with Crippen LogP contribution in [-0.4, -0.2) is 5.78 Å². The summed E-state index contributed by atoms with van der Waals surface area (Å²) in [5.74, 6) is -1.02. The molecule has 1 fully saturated rings. The Morgan fingerprint density at radius 1 is 1.40 bits per heavy atom. The molecule has 0 saturated heterocycles. The van der Waals surface area contributed by atoms with Gasteiger partial charge in [-0.05, 0) is 30.4 Å². The standard InChI is InChI=1S/C16H17Cl2NO/c1-16(2)8-4-5-11(16)15(20)10(9-19)14-12(17)6-3-7-13(14)18/h3,6-7,10-11H,4-5,8H2,1-2H3. The Kier molecular flexibility index (Phi) is 4.42. The second-order valence-electron chi connectivity index (χ2n) is 6.03. The van der Waals surface area contributed by atoms with Gasteiger partial charge in [-0.25, -0.2) is 0 Å². The van der Waals surface area contributed by atoms with E-state index in [0.29, 0.717) is 15.6 Å². The van der Waals surface area contributed by atoms with E-state index in [2.05, 4.69) is 19.9 Å². The van der Waals surface area contributed by atoms with Crippen LogP contribution < -0.4 is 0 Å². The SMILES string of the molecule is CC1(C)CCCC1C(=O)C(C#N)c1c(Cl)cccc1Cl. The maximum Gasteiger partial charge on any atom is 0.158 e. The first-order valence-electron chi connectivity index (χ1n) is 6.75. The summed E-state index contributed by atoms with van der Waals surface area (Å²) in [6.45, 7) is 4.18. The molecule has 0 aliphatic heterocycles. The van der Waals surface area contributed by atoms with E-state index in [1.807, 2.05) is 0 Å². The van der Waals surface area contributed by atoms with Crippen LogP contribution in [0.3, 0.4) is 0 Å². The second-order valence-corrected chi connectivity index (χ2v) is 6.85. The lowest BCUT2D eigenvalue weighted by Crippen LogP contribution is -2.29. The summed E-state index contributed by atoms with van der Waals surface area (Å²) < 4.78 is 0. The zero-order valence-electron chi connectivity index (χ0n) is 11.6. The maximum absolute atomic E-state index is 12.8. The molecule has 0 N–H and O–H groups in total. The minimum Gasteiger partial charge on any atom is -0.298 e. The van der Waals surface area contributed by atoms with E-state index in [1.165, 1.54) is 0 Å². The maximum atomic E-state index is 12.8. The summed E-state index contributed by atoms with van der Waals surface area (Å²) in [5, 5.41) is 10.2. The van der Waals surface area contributed by atoms with E-state index in [9.17, 15) is 10.1 Å². The molecular weight excluding hydrogens is 293 g/mol. The molecule has 0 bridgehead atoms. The van der Waals surface area contributed by atoms with Gasteiger partial charge in [-0.15, -0.1) is 0 Å². The van der Waals surface area contributed by atoms with Gasteiger partial charge in [0.2, 0.25) is 0 Å². The predicted octanol–water partition coefficient (Wildman–Crippen LogP) is 5.00. The van der Waals surface area contributed by atoms with E-state index in [1.54, 1.807) is 18.2 Å². The first kappa shape index (κ1) is 15.4. The van der Waals surface area contributed by atoms with E-state index in [0.717, 1.165) is 19.3 Å². The minimum absolute atomic E-state index is 0.0509. The van der Waals surface area contributed by atoms with Crippen molar-refractivity contribution in [2.24, 2.45) is 11.3 Å². The Bertz CT molecular complexity index is 554. The van der Waals surface area contributed by atoms with Crippen molar-refractivity contribution < 1.29 is 4.79 Å². The summed E-state index contributed by atoms with van der Waals surface area (Å²) in [6.07, 6.45) is 2.88. The fraction of sp³-hybridized carbons (Fsp3) is 0.500. The molecule has 1 aromatic rings. The fourth-order valence-corrected chi connectivity index (χ4v) is 3.73. The van der Waals surface area contributed by atoms with Gasteiger partial charge in [-0.1, -0.05) is 49.5 Å². The highest BCUT2D eigenvalue weighted by molar-refractivity contribution is 6.36. The molecule has 1 aliphatic carbocycles. The van der Waals surface area contributed by atoms with Gasteiger partial charge >= 0.3 is 0 Å². The molecule has 2 atom stereocenters. The van der Waals surface area contributed by atoms with Crippen LogP contribution >= 0.6 is 23.2 Å². The zero-order chi connectivity index (χ0) is 14.9. The Labute approximate surface area is 129 Å². The molecule has 2 rings (SSSR count). The van der Waals surface area contributed by atoms with Gasteiger partial charge in [0.15, 0.2) is 5.78 Å². The van der Waals surface area contributed by atoms with Crippen molar-refractivity contribution in [3.8, 4) is 6.07 Å². The average molecular weight is 310 g/mol. The third-order valence-electron chi connectivity index (χ3n) is 4.30. The number of nitrogens with zero attached hydrogens (tertiary/aromatic N) is 1. The average Bonchev–Trinajstić information content (AvgIpc) is 2.73. The number of rotatable bonds is 3. The number of carbonyl (C=O) groups excluding carboxylic acids is 1. The van der Waals surface area contributed by atoms with Crippen molar-refractivity contribution in [3.05, 3.63) is 33.8 Å². The number of halogens is 2.